The molecule has 4 nitrogen and oxygen atoms in total. The summed E-state index contributed by atoms with van der Waals surface area (Å²) in [4.78, 5) is 12.1. The molecule has 100 valence electrons. The summed E-state index contributed by atoms with van der Waals surface area (Å²) in [5, 5.41) is 0. The Hall–Kier alpha value is -0.420. The van der Waals surface area contributed by atoms with Gasteiger partial charge < -0.3 is 5.73 Å². The Morgan fingerprint density at radius 1 is 1.24 bits per heavy atom. The summed E-state index contributed by atoms with van der Waals surface area (Å²) in [5.74, 6) is 0.217. The first-order valence-corrected chi connectivity index (χ1v) is 8.22. The van der Waals surface area contributed by atoms with Crippen LogP contribution in [0.3, 0.4) is 0 Å². The van der Waals surface area contributed by atoms with E-state index in [9.17, 15) is 13.2 Å². The van der Waals surface area contributed by atoms with Crippen LogP contribution in [0, 0.1) is 5.41 Å². The molecular formula is C12H23NO3S. The van der Waals surface area contributed by atoms with Gasteiger partial charge in [-0.3, -0.25) is 4.79 Å². The van der Waals surface area contributed by atoms with Gasteiger partial charge in [-0.2, -0.15) is 0 Å². The Kier molecular flexibility index (Phi) is 5.13. The highest BCUT2D eigenvalue weighted by Gasteiger charge is 2.39. The molecule has 1 aliphatic rings. The molecule has 0 aliphatic heterocycles. The lowest BCUT2D eigenvalue weighted by Crippen LogP contribution is -2.37. The molecule has 1 rings (SSSR count). The van der Waals surface area contributed by atoms with Crippen molar-refractivity contribution in [3.63, 3.8) is 0 Å². The summed E-state index contributed by atoms with van der Waals surface area (Å²) >= 11 is 0. The van der Waals surface area contributed by atoms with Crippen LogP contribution in [0.1, 0.15) is 45.4 Å². The molecule has 0 aromatic rings. The van der Waals surface area contributed by atoms with Crippen molar-refractivity contribution in [3.05, 3.63) is 0 Å². The van der Waals surface area contributed by atoms with Gasteiger partial charge in [-0.15, -0.1) is 0 Å². The molecule has 0 heterocycles. The maximum absolute atomic E-state index is 12.1. The maximum atomic E-state index is 12.1. The molecule has 0 radical (unpaired) electrons. The lowest BCUT2D eigenvalue weighted by atomic mass is 9.81. The molecule has 0 aromatic carbocycles. The standard InChI is InChI=1S/C12H23NO3S/c1-2-8-17(15,16)9-5-11(14)12(10-13)6-3-4-7-12/h2-10,13H2,1H3. The molecule has 17 heavy (non-hydrogen) atoms. The minimum absolute atomic E-state index is 0.0125. The van der Waals surface area contributed by atoms with Gasteiger partial charge in [0.2, 0.25) is 0 Å². The zero-order valence-electron chi connectivity index (χ0n) is 10.6. The van der Waals surface area contributed by atoms with Gasteiger partial charge in [0.1, 0.15) is 5.78 Å². The smallest absolute Gasteiger partial charge is 0.150 e. The topological polar surface area (TPSA) is 77.2 Å². The summed E-state index contributed by atoms with van der Waals surface area (Å²) in [7, 11) is -3.05. The number of sulfone groups is 1. The third-order valence-electron chi connectivity index (χ3n) is 3.70. The molecule has 0 spiro atoms. The molecule has 0 saturated heterocycles. The third-order valence-corrected chi connectivity index (χ3v) is 5.55. The molecule has 0 atom stereocenters. The van der Waals surface area contributed by atoms with E-state index in [0.717, 1.165) is 25.7 Å². The quantitative estimate of drug-likeness (QED) is 0.749. The average Bonchev–Trinajstić information content (AvgIpc) is 2.75. The highest BCUT2D eigenvalue weighted by Crippen LogP contribution is 2.38. The number of ketones is 1. The summed E-state index contributed by atoms with van der Waals surface area (Å²) in [5.41, 5.74) is 5.28. The van der Waals surface area contributed by atoms with Crippen molar-refractivity contribution in [2.75, 3.05) is 18.1 Å². The fourth-order valence-corrected chi connectivity index (χ4v) is 3.90. The van der Waals surface area contributed by atoms with Crippen LogP contribution in [0.4, 0.5) is 0 Å². The van der Waals surface area contributed by atoms with Gasteiger partial charge in [0.25, 0.3) is 0 Å². The van der Waals surface area contributed by atoms with Crippen LogP contribution in [0.25, 0.3) is 0 Å². The second-order valence-corrected chi connectivity index (χ2v) is 7.32. The zero-order chi connectivity index (χ0) is 12.9. The molecule has 0 unspecified atom stereocenters. The first kappa shape index (κ1) is 14.6. The van der Waals surface area contributed by atoms with Crippen LogP contribution in [0.5, 0.6) is 0 Å². The first-order chi connectivity index (χ1) is 7.96. The number of nitrogens with two attached hydrogens (primary N) is 1. The van der Waals surface area contributed by atoms with E-state index in [4.69, 9.17) is 5.73 Å². The Bertz CT molecular complexity index is 356. The molecular weight excluding hydrogens is 238 g/mol. The van der Waals surface area contributed by atoms with Crippen molar-refractivity contribution < 1.29 is 13.2 Å². The summed E-state index contributed by atoms with van der Waals surface area (Å²) in [6.45, 7) is 2.19. The van der Waals surface area contributed by atoms with E-state index in [1.807, 2.05) is 6.92 Å². The monoisotopic (exact) mass is 261 g/mol. The van der Waals surface area contributed by atoms with Crippen molar-refractivity contribution in [1.29, 1.82) is 0 Å². The van der Waals surface area contributed by atoms with Gasteiger partial charge in [-0.05, 0) is 19.3 Å². The van der Waals surface area contributed by atoms with Crippen molar-refractivity contribution in [1.82, 2.24) is 0 Å². The molecule has 1 fully saturated rings. The van der Waals surface area contributed by atoms with E-state index < -0.39 is 15.3 Å². The second kappa shape index (κ2) is 5.96. The first-order valence-electron chi connectivity index (χ1n) is 6.39. The van der Waals surface area contributed by atoms with Crippen LogP contribution in [-0.4, -0.2) is 32.3 Å². The number of carbonyl (C=O) groups excluding carboxylic acids is 1. The van der Waals surface area contributed by atoms with Gasteiger partial charge in [-0.25, -0.2) is 8.42 Å². The summed E-state index contributed by atoms with van der Waals surface area (Å²) in [6, 6.07) is 0. The number of hydrogen-bond acceptors (Lipinski definition) is 4. The molecule has 1 aliphatic carbocycles. The molecule has 0 bridgehead atoms. The van der Waals surface area contributed by atoms with E-state index in [2.05, 4.69) is 0 Å². The Morgan fingerprint density at radius 3 is 2.29 bits per heavy atom. The molecule has 2 N–H and O–H groups in total. The molecule has 1 saturated carbocycles. The normalized spacial score (nSPS) is 19.4. The maximum Gasteiger partial charge on any atom is 0.150 e. The van der Waals surface area contributed by atoms with E-state index in [1.165, 1.54) is 0 Å². The van der Waals surface area contributed by atoms with E-state index in [0.29, 0.717) is 13.0 Å². The van der Waals surface area contributed by atoms with Gasteiger partial charge in [0.15, 0.2) is 9.84 Å². The van der Waals surface area contributed by atoms with Gasteiger partial charge >= 0.3 is 0 Å². The average molecular weight is 261 g/mol. The van der Waals surface area contributed by atoms with Crippen LogP contribution >= 0.6 is 0 Å². The molecule has 5 heteroatoms. The van der Waals surface area contributed by atoms with Crippen molar-refractivity contribution in [2.45, 2.75) is 45.4 Å². The van der Waals surface area contributed by atoms with E-state index in [-0.39, 0.29) is 23.7 Å². The van der Waals surface area contributed by atoms with Crippen LogP contribution in [-0.2, 0) is 14.6 Å². The molecule has 0 amide bonds. The fourth-order valence-electron chi connectivity index (χ4n) is 2.58. The van der Waals surface area contributed by atoms with Gasteiger partial charge in [0, 0.05) is 24.1 Å². The highest BCUT2D eigenvalue weighted by molar-refractivity contribution is 7.91. The van der Waals surface area contributed by atoms with Crippen LogP contribution in [0.2, 0.25) is 0 Å². The number of hydrogen-bond donors (Lipinski definition) is 1. The number of carbonyl (C=O) groups is 1. The zero-order valence-corrected chi connectivity index (χ0v) is 11.4. The second-order valence-electron chi connectivity index (χ2n) is 5.02. The van der Waals surface area contributed by atoms with Crippen molar-refractivity contribution in [2.24, 2.45) is 11.1 Å². The lowest BCUT2D eigenvalue weighted by Gasteiger charge is -2.25. The van der Waals surface area contributed by atoms with E-state index in [1.54, 1.807) is 0 Å². The SMILES string of the molecule is CCCS(=O)(=O)CCC(=O)C1(CN)CCCC1. The van der Waals surface area contributed by atoms with Gasteiger partial charge in [0.05, 0.1) is 5.75 Å². The van der Waals surface area contributed by atoms with Crippen LogP contribution in [0.15, 0.2) is 0 Å². The predicted octanol–water partition coefficient (Wildman–Crippen LogP) is 1.29. The third kappa shape index (κ3) is 3.78. The highest BCUT2D eigenvalue weighted by atomic mass is 32.2. The minimum atomic E-state index is -3.05. The Balaban J connectivity index is 2.54. The summed E-state index contributed by atoms with van der Waals surface area (Å²) in [6.07, 6.45) is 4.47. The summed E-state index contributed by atoms with van der Waals surface area (Å²) < 4.78 is 23.1. The largest absolute Gasteiger partial charge is 0.329 e. The van der Waals surface area contributed by atoms with E-state index >= 15 is 0 Å². The molecule has 0 aromatic heterocycles. The van der Waals surface area contributed by atoms with Crippen LogP contribution < -0.4 is 5.73 Å². The Labute approximate surface area is 104 Å². The minimum Gasteiger partial charge on any atom is -0.329 e. The fraction of sp³-hybridized carbons (Fsp3) is 0.917. The van der Waals surface area contributed by atoms with Crippen molar-refractivity contribution >= 4 is 15.6 Å². The Morgan fingerprint density at radius 2 is 1.82 bits per heavy atom. The predicted molar refractivity (Wildman–Crippen MR) is 68.5 cm³/mol. The lowest BCUT2D eigenvalue weighted by molar-refractivity contribution is -0.127. The number of Topliss-reactive ketones (excluding diaryl/α,β-unsaturated/α-hetero) is 1. The number of rotatable bonds is 7. The van der Waals surface area contributed by atoms with Gasteiger partial charge in [-0.1, -0.05) is 19.8 Å². The van der Waals surface area contributed by atoms with Crippen molar-refractivity contribution in [3.8, 4) is 0 Å².